The number of nitro groups is 1. The highest BCUT2D eigenvalue weighted by Crippen LogP contribution is 2.28. The van der Waals surface area contributed by atoms with Gasteiger partial charge in [0.1, 0.15) is 0 Å². The predicted octanol–water partition coefficient (Wildman–Crippen LogP) is 2.17. The van der Waals surface area contributed by atoms with Crippen LogP contribution < -0.4 is 0 Å². The molecule has 0 aliphatic carbocycles. The van der Waals surface area contributed by atoms with Crippen molar-refractivity contribution in [1.82, 2.24) is 0 Å². The van der Waals surface area contributed by atoms with E-state index in [1.165, 1.54) is 19.1 Å². The zero-order valence-corrected chi connectivity index (χ0v) is 11.9. The molecule has 0 amide bonds. The Morgan fingerprint density at radius 3 is 2.21 bits per heavy atom. The number of nitro benzene ring substituents is 1. The van der Waals surface area contributed by atoms with E-state index >= 15 is 0 Å². The molecular weight excluding hydrogens is 294 g/mol. The summed E-state index contributed by atoms with van der Waals surface area (Å²) < 4.78 is 21.4. The lowest BCUT2D eigenvalue weighted by molar-refractivity contribution is -0.384. The standard InChI is InChI=1S/C11H12ClNO5S/c1-3-19(17,18)11(2,12)10(14)8-4-6-9(7-5-8)13(15)16/h4-7H,3H2,1-2H3/t11-/m0/s1. The Kier molecular flexibility index (Phi) is 4.32. The van der Waals surface area contributed by atoms with Crippen molar-refractivity contribution in [3.63, 3.8) is 0 Å². The lowest BCUT2D eigenvalue weighted by Gasteiger charge is -2.19. The highest BCUT2D eigenvalue weighted by molar-refractivity contribution is 7.95. The van der Waals surface area contributed by atoms with Crippen LogP contribution in [0.3, 0.4) is 0 Å². The molecule has 0 aliphatic rings. The molecule has 0 spiro atoms. The average molecular weight is 306 g/mol. The number of carbonyl (C=O) groups is 1. The minimum atomic E-state index is -3.79. The minimum absolute atomic E-state index is 0.0140. The van der Waals surface area contributed by atoms with Gasteiger partial charge in [-0.05, 0) is 19.1 Å². The van der Waals surface area contributed by atoms with Crippen molar-refractivity contribution in [3.05, 3.63) is 39.9 Å². The normalized spacial score (nSPS) is 14.7. The van der Waals surface area contributed by atoms with E-state index in [0.29, 0.717) is 0 Å². The molecule has 0 saturated carbocycles. The molecule has 1 aromatic carbocycles. The van der Waals surface area contributed by atoms with Crippen molar-refractivity contribution in [2.24, 2.45) is 0 Å². The molecule has 19 heavy (non-hydrogen) atoms. The number of Topliss-reactive ketones (excluding diaryl/α,β-unsaturated/α-hetero) is 1. The Morgan fingerprint density at radius 2 is 1.84 bits per heavy atom. The minimum Gasteiger partial charge on any atom is -0.291 e. The molecule has 0 unspecified atom stereocenters. The van der Waals surface area contributed by atoms with Crippen LogP contribution in [0.4, 0.5) is 5.69 Å². The molecule has 0 saturated heterocycles. The van der Waals surface area contributed by atoms with Crippen LogP contribution in [-0.2, 0) is 9.84 Å². The van der Waals surface area contributed by atoms with Gasteiger partial charge < -0.3 is 0 Å². The Hall–Kier alpha value is -1.47. The zero-order valence-electron chi connectivity index (χ0n) is 10.3. The monoisotopic (exact) mass is 305 g/mol. The number of non-ortho nitro benzene ring substituents is 1. The molecule has 6 nitrogen and oxygen atoms in total. The van der Waals surface area contributed by atoms with Gasteiger partial charge in [-0.15, -0.1) is 0 Å². The van der Waals surface area contributed by atoms with Crippen LogP contribution in [0.1, 0.15) is 24.2 Å². The van der Waals surface area contributed by atoms with Crippen molar-refractivity contribution in [2.45, 2.75) is 18.1 Å². The first kappa shape index (κ1) is 15.6. The van der Waals surface area contributed by atoms with E-state index in [4.69, 9.17) is 11.6 Å². The van der Waals surface area contributed by atoms with E-state index in [-0.39, 0.29) is 17.0 Å². The van der Waals surface area contributed by atoms with E-state index in [2.05, 4.69) is 0 Å². The van der Waals surface area contributed by atoms with Gasteiger partial charge in [-0.3, -0.25) is 14.9 Å². The maximum atomic E-state index is 12.1. The van der Waals surface area contributed by atoms with Gasteiger partial charge in [0.2, 0.25) is 4.21 Å². The second-order valence-electron chi connectivity index (χ2n) is 3.95. The van der Waals surface area contributed by atoms with Crippen LogP contribution in [0, 0.1) is 10.1 Å². The predicted molar refractivity (Wildman–Crippen MR) is 71.1 cm³/mol. The number of halogens is 1. The van der Waals surface area contributed by atoms with Crippen LogP contribution in [-0.4, -0.2) is 29.1 Å². The first-order chi connectivity index (χ1) is 8.63. The summed E-state index contributed by atoms with van der Waals surface area (Å²) in [5, 5.41) is 10.5. The molecular formula is C11H12ClNO5S. The Balaban J connectivity index is 3.17. The number of nitrogens with zero attached hydrogens (tertiary/aromatic N) is 1. The second-order valence-corrected chi connectivity index (χ2v) is 7.56. The summed E-state index contributed by atoms with van der Waals surface area (Å²) in [6, 6.07) is 4.62. The Labute approximate surface area is 115 Å². The maximum absolute atomic E-state index is 12.1. The zero-order chi connectivity index (χ0) is 14.8. The molecule has 0 aliphatic heterocycles. The van der Waals surface area contributed by atoms with Crippen molar-refractivity contribution < 1.29 is 18.1 Å². The quantitative estimate of drug-likeness (QED) is 0.359. The summed E-state index contributed by atoms with van der Waals surface area (Å²) in [6.45, 7) is 2.50. The van der Waals surface area contributed by atoms with Crippen molar-refractivity contribution in [2.75, 3.05) is 5.75 Å². The summed E-state index contributed by atoms with van der Waals surface area (Å²) >= 11 is 5.84. The largest absolute Gasteiger partial charge is 0.291 e. The van der Waals surface area contributed by atoms with E-state index < -0.39 is 24.8 Å². The summed E-state index contributed by atoms with van der Waals surface area (Å²) in [5.41, 5.74) is -0.175. The van der Waals surface area contributed by atoms with Gasteiger partial charge in [-0.2, -0.15) is 0 Å². The molecule has 0 aromatic heterocycles. The average Bonchev–Trinajstić information content (AvgIpc) is 2.37. The highest BCUT2D eigenvalue weighted by atomic mass is 35.5. The first-order valence-electron chi connectivity index (χ1n) is 5.34. The molecule has 0 bridgehead atoms. The summed E-state index contributed by atoms with van der Waals surface area (Å²) in [6.07, 6.45) is 0. The van der Waals surface area contributed by atoms with Gasteiger partial charge in [0.25, 0.3) is 5.69 Å². The Bertz CT molecular complexity index is 606. The summed E-state index contributed by atoms with van der Waals surface area (Å²) in [5.74, 6) is -1.07. The number of alkyl halides is 1. The SMILES string of the molecule is CCS(=O)(=O)[C@](C)(Cl)C(=O)c1ccc([N+](=O)[O-])cc1. The maximum Gasteiger partial charge on any atom is 0.269 e. The number of hydrogen-bond donors (Lipinski definition) is 0. The van der Waals surface area contributed by atoms with Gasteiger partial charge >= 0.3 is 0 Å². The first-order valence-corrected chi connectivity index (χ1v) is 7.37. The Morgan fingerprint density at radius 1 is 1.37 bits per heavy atom. The topological polar surface area (TPSA) is 94.3 Å². The molecule has 1 aromatic rings. The van der Waals surface area contributed by atoms with Crippen molar-refractivity contribution in [1.29, 1.82) is 0 Å². The van der Waals surface area contributed by atoms with Crippen molar-refractivity contribution in [3.8, 4) is 0 Å². The van der Waals surface area contributed by atoms with Crippen molar-refractivity contribution >= 4 is 32.9 Å². The smallest absolute Gasteiger partial charge is 0.269 e. The molecule has 0 N–H and O–H groups in total. The number of rotatable bonds is 5. The number of sulfone groups is 1. The van der Waals surface area contributed by atoms with Crippen LogP contribution in [0.15, 0.2) is 24.3 Å². The highest BCUT2D eigenvalue weighted by Gasteiger charge is 2.43. The number of hydrogen-bond acceptors (Lipinski definition) is 5. The third-order valence-electron chi connectivity index (χ3n) is 2.71. The fourth-order valence-corrected chi connectivity index (χ4v) is 2.78. The fraction of sp³-hybridized carbons (Fsp3) is 0.364. The van der Waals surface area contributed by atoms with E-state index in [0.717, 1.165) is 19.1 Å². The van der Waals surface area contributed by atoms with Gasteiger partial charge in [0.05, 0.1) is 4.92 Å². The molecule has 1 atom stereocenters. The number of benzene rings is 1. The van der Waals surface area contributed by atoms with E-state index in [9.17, 15) is 23.3 Å². The van der Waals surface area contributed by atoms with E-state index in [1.807, 2.05) is 0 Å². The van der Waals surface area contributed by atoms with Gasteiger partial charge in [-0.25, -0.2) is 8.42 Å². The summed E-state index contributed by atoms with van der Waals surface area (Å²) in [4.78, 5) is 21.9. The summed E-state index contributed by atoms with van der Waals surface area (Å²) in [7, 11) is -3.79. The van der Waals surface area contributed by atoms with E-state index in [1.54, 1.807) is 0 Å². The lowest BCUT2D eigenvalue weighted by Crippen LogP contribution is -2.39. The number of ketones is 1. The molecule has 1 rings (SSSR count). The lowest BCUT2D eigenvalue weighted by atomic mass is 10.1. The number of carbonyl (C=O) groups excluding carboxylic acids is 1. The van der Waals surface area contributed by atoms with Gasteiger partial charge in [0.15, 0.2) is 15.6 Å². The van der Waals surface area contributed by atoms with Gasteiger partial charge in [-0.1, -0.05) is 18.5 Å². The third-order valence-corrected chi connectivity index (χ3v) is 5.70. The fourth-order valence-electron chi connectivity index (χ4n) is 1.40. The molecule has 8 heteroatoms. The molecule has 0 heterocycles. The van der Waals surface area contributed by atoms with Crippen LogP contribution in [0.5, 0.6) is 0 Å². The van der Waals surface area contributed by atoms with Gasteiger partial charge in [0, 0.05) is 23.4 Å². The third kappa shape index (κ3) is 2.93. The second kappa shape index (κ2) is 5.26. The molecule has 0 fully saturated rings. The van der Waals surface area contributed by atoms with Crippen LogP contribution >= 0.6 is 11.6 Å². The molecule has 104 valence electrons. The van der Waals surface area contributed by atoms with Crippen LogP contribution in [0.25, 0.3) is 0 Å². The molecule has 0 radical (unpaired) electrons. The van der Waals surface area contributed by atoms with Crippen LogP contribution in [0.2, 0.25) is 0 Å².